The minimum absolute atomic E-state index is 0.0501. The summed E-state index contributed by atoms with van der Waals surface area (Å²) in [5.41, 5.74) is 1.82. The molecule has 2 aromatic carbocycles. The SMILES string of the molecule is C=CCOC(=O)C1=C(C)N=c2s/c(=C\c3ccccc3OC(C)=O)c(=O)n2[C@@H]1c1ccccc1. The second kappa shape index (κ2) is 9.84. The van der Waals surface area contributed by atoms with Crippen LogP contribution in [-0.2, 0) is 14.3 Å². The molecule has 0 saturated carbocycles. The van der Waals surface area contributed by atoms with Crippen LogP contribution in [-0.4, -0.2) is 23.1 Å². The second-order valence-electron chi connectivity index (χ2n) is 7.51. The van der Waals surface area contributed by atoms with Crippen molar-refractivity contribution in [1.82, 2.24) is 4.57 Å². The van der Waals surface area contributed by atoms with E-state index >= 15 is 0 Å². The largest absolute Gasteiger partial charge is 0.458 e. The van der Waals surface area contributed by atoms with Gasteiger partial charge in [0.2, 0.25) is 0 Å². The van der Waals surface area contributed by atoms with E-state index in [1.807, 2.05) is 30.3 Å². The fourth-order valence-electron chi connectivity index (χ4n) is 3.73. The Hall–Kier alpha value is -4.04. The van der Waals surface area contributed by atoms with Gasteiger partial charge < -0.3 is 9.47 Å². The molecule has 2 heterocycles. The van der Waals surface area contributed by atoms with Gasteiger partial charge in [-0.25, -0.2) is 9.79 Å². The average molecular weight is 475 g/mol. The summed E-state index contributed by atoms with van der Waals surface area (Å²) in [5.74, 6) is -0.653. The summed E-state index contributed by atoms with van der Waals surface area (Å²) in [5, 5.41) is 0. The Bertz CT molecular complexity index is 1480. The smallest absolute Gasteiger partial charge is 0.338 e. The molecule has 7 nitrogen and oxygen atoms in total. The lowest BCUT2D eigenvalue weighted by Gasteiger charge is -2.24. The third kappa shape index (κ3) is 4.53. The molecule has 4 rings (SSSR count). The first-order valence-electron chi connectivity index (χ1n) is 10.5. The molecular weight excluding hydrogens is 452 g/mol. The van der Waals surface area contributed by atoms with Crippen molar-refractivity contribution >= 4 is 29.4 Å². The molecule has 172 valence electrons. The summed E-state index contributed by atoms with van der Waals surface area (Å²) in [6, 6.07) is 15.5. The highest BCUT2D eigenvalue weighted by Gasteiger charge is 2.33. The molecule has 1 atom stereocenters. The van der Waals surface area contributed by atoms with Gasteiger partial charge in [0.1, 0.15) is 12.4 Å². The fourth-order valence-corrected chi connectivity index (χ4v) is 4.77. The molecule has 34 heavy (non-hydrogen) atoms. The fraction of sp³-hybridized carbons (Fsp3) is 0.154. The number of hydrogen-bond donors (Lipinski definition) is 0. The van der Waals surface area contributed by atoms with Crippen molar-refractivity contribution < 1.29 is 19.1 Å². The monoisotopic (exact) mass is 474 g/mol. The van der Waals surface area contributed by atoms with Gasteiger partial charge in [-0.2, -0.15) is 0 Å². The Morgan fingerprint density at radius 2 is 1.85 bits per heavy atom. The van der Waals surface area contributed by atoms with Crippen molar-refractivity contribution in [2.45, 2.75) is 19.9 Å². The Morgan fingerprint density at radius 3 is 2.56 bits per heavy atom. The van der Waals surface area contributed by atoms with Crippen molar-refractivity contribution in [2.75, 3.05) is 6.61 Å². The van der Waals surface area contributed by atoms with Crippen LogP contribution in [0.4, 0.5) is 0 Å². The summed E-state index contributed by atoms with van der Waals surface area (Å²) in [6.07, 6.45) is 3.15. The van der Waals surface area contributed by atoms with Crippen molar-refractivity contribution in [3.05, 3.63) is 109 Å². The van der Waals surface area contributed by atoms with E-state index in [9.17, 15) is 14.4 Å². The number of benzene rings is 2. The van der Waals surface area contributed by atoms with E-state index in [4.69, 9.17) is 9.47 Å². The van der Waals surface area contributed by atoms with Gasteiger partial charge in [-0.05, 0) is 24.6 Å². The number of carbonyl (C=O) groups excluding carboxylic acids is 2. The molecule has 3 aromatic rings. The predicted molar refractivity (Wildman–Crippen MR) is 129 cm³/mol. The van der Waals surface area contributed by atoms with Crippen molar-refractivity contribution in [1.29, 1.82) is 0 Å². The zero-order chi connectivity index (χ0) is 24.2. The summed E-state index contributed by atoms with van der Waals surface area (Å²) in [4.78, 5) is 43.1. The van der Waals surface area contributed by atoms with E-state index in [0.717, 1.165) is 5.56 Å². The molecule has 0 aliphatic carbocycles. The van der Waals surface area contributed by atoms with Gasteiger partial charge in [0, 0.05) is 12.5 Å². The van der Waals surface area contributed by atoms with E-state index in [2.05, 4.69) is 11.6 Å². The first kappa shape index (κ1) is 23.1. The Kier molecular flexibility index (Phi) is 6.70. The molecule has 1 aromatic heterocycles. The minimum Gasteiger partial charge on any atom is -0.458 e. The number of carbonyl (C=O) groups is 2. The van der Waals surface area contributed by atoms with Gasteiger partial charge in [-0.15, -0.1) is 0 Å². The first-order chi connectivity index (χ1) is 16.4. The standard InChI is InChI=1S/C26H22N2O5S/c1-4-14-32-25(31)22-16(2)27-26-28(23(22)18-10-6-5-7-11-18)24(30)21(34-26)15-19-12-8-9-13-20(19)33-17(3)29/h4-13,15,23H,1,14H2,2-3H3/b21-15-/t23-/m1/s1. The van der Waals surface area contributed by atoms with Crippen LogP contribution in [0.5, 0.6) is 5.75 Å². The van der Waals surface area contributed by atoms with E-state index in [1.54, 1.807) is 37.3 Å². The molecule has 0 fully saturated rings. The van der Waals surface area contributed by atoms with Crippen LogP contribution in [0.1, 0.15) is 31.0 Å². The maximum Gasteiger partial charge on any atom is 0.338 e. The van der Waals surface area contributed by atoms with Gasteiger partial charge in [0.25, 0.3) is 5.56 Å². The molecule has 0 spiro atoms. The third-order valence-electron chi connectivity index (χ3n) is 5.15. The van der Waals surface area contributed by atoms with Crippen LogP contribution in [0.2, 0.25) is 0 Å². The van der Waals surface area contributed by atoms with Crippen molar-refractivity contribution in [3.63, 3.8) is 0 Å². The Labute approximate surface area is 199 Å². The molecule has 0 bridgehead atoms. The zero-order valence-corrected chi connectivity index (χ0v) is 19.5. The number of nitrogens with zero attached hydrogens (tertiary/aromatic N) is 2. The summed E-state index contributed by atoms with van der Waals surface area (Å²) >= 11 is 1.20. The topological polar surface area (TPSA) is 87.0 Å². The summed E-state index contributed by atoms with van der Waals surface area (Å²) in [7, 11) is 0. The highest BCUT2D eigenvalue weighted by molar-refractivity contribution is 7.07. The summed E-state index contributed by atoms with van der Waals surface area (Å²) in [6.45, 7) is 6.69. The van der Waals surface area contributed by atoms with Crippen LogP contribution < -0.4 is 19.6 Å². The van der Waals surface area contributed by atoms with Crippen LogP contribution in [0.3, 0.4) is 0 Å². The van der Waals surface area contributed by atoms with E-state index < -0.39 is 18.0 Å². The number of hydrogen-bond acceptors (Lipinski definition) is 7. The molecule has 0 radical (unpaired) electrons. The van der Waals surface area contributed by atoms with Gasteiger partial charge in [0.05, 0.1) is 21.8 Å². The lowest BCUT2D eigenvalue weighted by Crippen LogP contribution is -2.39. The highest BCUT2D eigenvalue weighted by Crippen LogP contribution is 2.30. The number of para-hydroxylation sites is 1. The average Bonchev–Trinajstić information content (AvgIpc) is 3.12. The van der Waals surface area contributed by atoms with Gasteiger partial charge >= 0.3 is 11.9 Å². The molecule has 8 heteroatoms. The van der Waals surface area contributed by atoms with E-state index in [0.29, 0.717) is 31.9 Å². The zero-order valence-electron chi connectivity index (χ0n) is 18.7. The maximum atomic E-state index is 13.6. The maximum absolute atomic E-state index is 13.6. The molecule has 0 N–H and O–H groups in total. The quantitative estimate of drug-likeness (QED) is 0.312. The number of rotatable bonds is 6. The molecule has 0 saturated heterocycles. The number of ether oxygens (including phenoxy) is 2. The number of allylic oxidation sites excluding steroid dienone is 1. The normalized spacial score (nSPS) is 15.4. The van der Waals surface area contributed by atoms with Crippen LogP contribution >= 0.6 is 11.3 Å². The molecule has 0 unspecified atom stereocenters. The summed E-state index contributed by atoms with van der Waals surface area (Å²) < 4.78 is 12.5. The van der Waals surface area contributed by atoms with Crippen LogP contribution in [0.25, 0.3) is 6.08 Å². The number of fused-ring (bicyclic) bond motifs is 1. The van der Waals surface area contributed by atoms with Crippen LogP contribution in [0.15, 0.2) is 88.3 Å². The number of aromatic nitrogens is 1. The van der Waals surface area contributed by atoms with Crippen molar-refractivity contribution in [2.24, 2.45) is 4.99 Å². The molecule has 1 aliphatic heterocycles. The molecular formula is C26H22N2O5S. The highest BCUT2D eigenvalue weighted by atomic mass is 32.1. The number of thiazole rings is 1. The molecule has 1 aliphatic rings. The van der Waals surface area contributed by atoms with Gasteiger partial charge in [-0.1, -0.05) is 72.5 Å². The minimum atomic E-state index is -0.694. The number of esters is 2. The lowest BCUT2D eigenvalue weighted by molar-refractivity contribution is -0.138. The van der Waals surface area contributed by atoms with Gasteiger partial charge in [-0.3, -0.25) is 14.2 Å². The van der Waals surface area contributed by atoms with E-state index in [-0.39, 0.29) is 12.2 Å². The lowest BCUT2D eigenvalue weighted by atomic mass is 9.96. The van der Waals surface area contributed by atoms with Crippen LogP contribution in [0, 0.1) is 0 Å². The predicted octanol–water partition coefficient (Wildman–Crippen LogP) is 2.89. The van der Waals surface area contributed by atoms with Crippen molar-refractivity contribution in [3.8, 4) is 5.75 Å². The third-order valence-corrected chi connectivity index (χ3v) is 6.13. The Balaban J connectivity index is 1.92. The molecule has 0 amide bonds. The second-order valence-corrected chi connectivity index (χ2v) is 8.52. The Morgan fingerprint density at radius 1 is 1.15 bits per heavy atom. The first-order valence-corrected chi connectivity index (χ1v) is 11.4. The van der Waals surface area contributed by atoms with E-state index in [1.165, 1.54) is 28.9 Å². The van der Waals surface area contributed by atoms with Gasteiger partial charge in [0.15, 0.2) is 4.80 Å².